The normalized spacial score (nSPS) is 34.2. The molecule has 1 rings (SSSR count). The van der Waals surface area contributed by atoms with Gasteiger partial charge in [0.05, 0.1) is 17.6 Å². The summed E-state index contributed by atoms with van der Waals surface area (Å²) in [5.74, 6) is -0.239. The van der Waals surface area contributed by atoms with E-state index in [0.717, 1.165) is 32.1 Å². The standard InChI is InChI=1S/C12H21NO/c1-10(9-13)12(14)6-4-5-11(2,3)7-8-12/h10,14H,4-8H2,1-3H3. The maximum Gasteiger partial charge on any atom is 0.0802 e. The molecule has 2 atom stereocenters. The molecule has 1 aliphatic rings. The molecule has 2 heteroatoms. The van der Waals surface area contributed by atoms with E-state index in [4.69, 9.17) is 5.26 Å². The van der Waals surface area contributed by atoms with Gasteiger partial charge in [0.15, 0.2) is 0 Å². The van der Waals surface area contributed by atoms with Crippen molar-refractivity contribution in [2.24, 2.45) is 11.3 Å². The van der Waals surface area contributed by atoms with E-state index in [0.29, 0.717) is 5.41 Å². The molecule has 0 amide bonds. The molecule has 1 aliphatic carbocycles. The highest BCUT2D eigenvalue weighted by Crippen LogP contribution is 2.40. The Morgan fingerprint density at radius 1 is 1.21 bits per heavy atom. The molecule has 0 aliphatic heterocycles. The maximum atomic E-state index is 10.3. The van der Waals surface area contributed by atoms with Crippen LogP contribution in [0.5, 0.6) is 0 Å². The van der Waals surface area contributed by atoms with E-state index in [1.165, 1.54) is 0 Å². The van der Waals surface area contributed by atoms with Gasteiger partial charge in [0, 0.05) is 0 Å². The molecular weight excluding hydrogens is 174 g/mol. The predicted molar refractivity (Wildman–Crippen MR) is 56.6 cm³/mol. The summed E-state index contributed by atoms with van der Waals surface area (Å²) in [7, 11) is 0. The van der Waals surface area contributed by atoms with Gasteiger partial charge in [-0.15, -0.1) is 0 Å². The van der Waals surface area contributed by atoms with Crippen LogP contribution in [-0.2, 0) is 0 Å². The summed E-state index contributed by atoms with van der Waals surface area (Å²) in [5, 5.41) is 19.2. The Morgan fingerprint density at radius 2 is 1.86 bits per heavy atom. The van der Waals surface area contributed by atoms with Crippen LogP contribution >= 0.6 is 0 Å². The third-order valence-electron chi connectivity index (χ3n) is 3.70. The highest BCUT2D eigenvalue weighted by atomic mass is 16.3. The van der Waals surface area contributed by atoms with Gasteiger partial charge in [0.2, 0.25) is 0 Å². The minimum absolute atomic E-state index is 0.239. The lowest BCUT2D eigenvalue weighted by Crippen LogP contribution is -2.35. The maximum absolute atomic E-state index is 10.3. The van der Waals surface area contributed by atoms with Crippen LogP contribution in [0.15, 0.2) is 0 Å². The van der Waals surface area contributed by atoms with E-state index < -0.39 is 5.60 Å². The average Bonchev–Trinajstić information content (AvgIpc) is 2.26. The van der Waals surface area contributed by atoms with Crippen LogP contribution in [-0.4, -0.2) is 10.7 Å². The lowest BCUT2D eigenvalue weighted by molar-refractivity contribution is -0.00825. The van der Waals surface area contributed by atoms with E-state index in [9.17, 15) is 5.11 Å². The third kappa shape index (κ3) is 2.48. The Morgan fingerprint density at radius 3 is 2.43 bits per heavy atom. The van der Waals surface area contributed by atoms with E-state index in [1.54, 1.807) is 0 Å². The van der Waals surface area contributed by atoms with Crippen LogP contribution in [0.25, 0.3) is 0 Å². The average molecular weight is 195 g/mol. The molecule has 0 saturated heterocycles. The number of hydrogen-bond acceptors (Lipinski definition) is 2. The van der Waals surface area contributed by atoms with Crippen LogP contribution in [0.4, 0.5) is 0 Å². The predicted octanol–water partition coefficient (Wildman–Crippen LogP) is 2.87. The van der Waals surface area contributed by atoms with Crippen molar-refractivity contribution in [3.63, 3.8) is 0 Å². The quantitative estimate of drug-likeness (QED) is 0.654. The minimum Gasteiger partial charge on any atom is -0.389 e. The van der Waals surface area contributed by atoms with Gasteiger partial charge >= 0.3 is 0 Å². The fourth-order valence-electron chi connectivity index (χ4n) is 2.23. The second-order valence-electron chi connectivity index (χ2n) is 5.47. The first-order chi connectivity index (χ1) is 6.40. The van der Waals surface area contributed by atoms with Gasteiger partial charge in [-0.25, -0.2) is 0 Å². The molecule has 1 fully saturated rings. The number of hydrogen-bond donors (Lipinski definition) is 1. The number of nitrogens with zero attached hydrogens (tertiary/aromatic N) is 1. The fraction of sp³-hybridized carbons (Fsp3) is 0.917. The third-order valence-corrected chi connectivity index (χ3v) is 3.70. The number of aliphatic hydroxyl groups is 1. The van der Waals surface area contributed by atoms with Crippen molar-refractivity contribution >= 4 is 0 Å². The van der Waals surface area contributed by atoms with E-state index in [-0.39, 0.29) is 5.92 Å². The number of nitriles is 1. The molecule has 1 saturated carbocycles. The summed E-state index contributed by atoms with van der Waals surface area (Å²) in [6.45, 7) is 6.32. The van der Waals surface area contributed by atoms with E-state index in [2.05, 4.69) is 19.9 Å². The molecule has 14 heavy (non-hydrogen) atoms. The summed E-state index contributed by atoms with van der Waals surface area (Å²) in [6, 6.07) is 2.18. The summed E-state index contributed by atoms with van der Waals surface area (Å²) in [4.78, 5) is 0. The van der Waals surface area contributed by atoms with Gasteiger partial charge in [-0.1, -0.05) is 20.3 Å². The van der Waals surface area contributed by atoms with Crippen molar-refractivity contribution in [1.82, 2.24) is 0 Å². The van der Waals surface area contributed by atoms with E-state index in [1.807, 2.05) is 6.92 Å². The molecule has 0 spiro atoms. The molecule has 0 aromatic rings. The smallest absolute Gasteiger partial charge is 0.0802 e. The largest absolute Gasteiger partial charge is 0.389 e. The zero-order chi connectivity index (χ0) is 10.8. The van der Waals surface area contributed by atoms with Crippen molar-refractivity contribution in [1.29, 1.82) is 5.26 Å². The molecule has 0 radical (unpaired) electrons. The van der Waals surface area contributed by atoms with Crippen molar-refractivity contribution in [2.75, 3.05) is 0 Å². The van der Waals surface area contributed by atoms with Crippen LogP contribution in [0.3, 0.4) is 0 Å². The number of rotatable bonds is 1. The summed E-state index contributed by atoms with van der Waals surface area (Å²) >= 11 is 0. The Balaban J connectivity index is 2.70. The first-order valence-corrected chi connectivity index (χ1v) is 5.52. The van der Waals surface area contributed by atoms with Crippen LogP contribution in [0.1, 0.15) is 52.9 Å². The molecule has 2 unspecified atom stereocenters. The van der Waals surface area contributed by atoms with Crippen molar-refractivity contribution in [3.05, 3.63) is 0 Å². The topological polar surface area (TPSA) is 44.0 Å². The second kappa shape index (κ2) is 3.90. The van der Waals surface area contributed by atoms with Gasteiger partial charge in [-0.2, -0.15) is 5.26 Å². The van der Waals surface area contributed by atoms with Gasteiger partial charge in [-0.05, 0) is 38.0 Å². The van der Waals surface area contributed by atoms with Crippen LogP contribution < -0.4 is 0 Å². The SMILES string of the molecule is CC(C#N)C1(O)CCCC(C)(C)CC1. The summed E-state index contributed by atoms with van der Waals surface area (Å²) in [5.41, 5.74) is -0.401. The van der Waals surface area contributed by atoms with Crippen LogP contribution in [0.2, 0.25) is 0 Å². The van der Waals surface area contributed by atoms with Crippen LogP contribution in [0, 0.1) is 22.7 Å². The zero-order valence-corrected chi connectivity index (χ0v) is 9.51. The molecule has 0 aromatic heterocycles. The molecule has 1 N–H and O–H groups in total. The summed E-state index contributed by atoms with van der Waals surface area (Å²) < 4.78 is 0. The highest BCUT2D eigenvalue weighted by molar-refractivity contribution is 4.98. The Bertz CT molecular complexity index is 241. The first kappa shape index (κ1) is 11.5. The second-order valence-corrected chi connectivity index (χ2v) is 5.47. The first-order valence-electron chi connectivity index (χ1n) is 5.52. The zero-order valence-electron chi connectivity index (χ0n) is 9.51. The monoisotopic (exact) mass is 195 g/mol. The molecule has 80 valence electrons. The Hall–Kier alpha value is -0.550. The summed E-state index contributed by atoms with van der Waals surface area (Å²) in [6.07, 6.45) is 4.78. The molecule has 0 heterocycles. The highest BCUT2D eigenvalue weighted by Gasteiger charge is 2.37. The van der Waals surface area contributed by atoms with Gasteiger partial charge in [0.1, 0.15) is 0 Å². The Kier molecular flexibility index (Phi) is 3.21. The molecule has 0 aromatic carbocycles. The van der Waals surface area contributed by atoms with Gasteiger partial charge < -0.3 is 5.11 Å². The van der Waals surface area contributed by atoms with E-state index >= 15 is 0 Å². The van der Waals surface area contributed by atoms with Gasteiger partial charge in [0.25, 0.3) is 0 Å². The lowest BCUT2D eigenvalue weighted by Gasteiger charge is -2.29. The van der Waals surface area contributed by atoms with Gasteiger partial charge in [-0.3, -0.25) is 0 Å². The fourth-order valence-corrected chi connectivity index (χ4v) is 2.23. The van der Waals surface area contributed by atoms with Crippen molar-refractivity contribution in [3.8, 4) is 6.07 Å². The Labute approximate surface area is 86.9 Å². The lowest BCUT2D eigenvalue weighted by atomic mass is 9.81. The minimum atomic E-state index is -0.734. The molecular formula is C12H21NO. The van der Waals surface area contributed by atoms with Crippen molar-refractivity contribution < 1.29 is 5.11 Å². The van der Waals surface area contributed by atoms with Crippen molar-refractivity contribution in [2.45, 2.75) is 58.5 Å². The molecule has 0 bridgehead atoms. The molecule has 2 nitrogen and oxygen atoms in total.